The first kappa shape index (κ1) is 14.7. The van der Waals surface area contributed by atoms with Gasteiger partial charge in [-0.3, -0.25) is 11.3 Å². The van der Waals surface area contributed by atoms with Crippen LogP contribution in [0.5, 0.6) is 0 Å². The van der Waals surface area contributed by atoms with E-state index in [1.54, 1.807) is 12.1 Å². The van der Waals surface area contributed by atoms with Gasteiger partial charge in [0.05, 0.1) is 0 Å². The molecule has 0 heterocycles. The summed E-state index contributed by atoms with van der Waals surface area (Å²) in [5.74, 6) is 5.47. The van der Waals surface area contributed by atoms with E-state index in [0.29, 0.717) is 0 Å². The average Bonchev–Trinajstić information content (AvgIpc) is 2.47. The highest BCUT2D eigenvalue weighted by molar-refractivity contribution is 5.28. The molecule has 0 aromatic heterocycles. The number of hydrazine groups is 1. The molecule has 0 aliphatic rings. The van der Waals surface area contributed by atoms with Crippen LogP contribution < -0.4 is 11.3 Å². The van der Waals surface area contributed by atoms with E-state index in [-0.39, 0.29) is 11.9 Å². The number of rotatable bonds is 6. The van der Waals surface area contributed by atoms with Gasteiger partial charge in [-0.25, -0.2) is 4.39 Å². The summed E-state index contributed by atoms with van der Waals surface area (Å²) in [4.78, 5) is 0. The molecule has 0 spiro atoms. The molecule has 1 atom stereocenters. The van der Waals surface area contributed by atoms with E-state index >= 15 is 0 Å². The maximum atomic E-state index is 12.9. The van der Waals surface area contributed by atoms with Crippen molar-refractivity contribution in [3.05, 3.63) is 71.0 Å². The van der Waals surface area contributed by atoms with Crippen molar-refractivity contribution in [3.8, 4) is 0 Å². The van der Waals surface area contributed by atoms with Crippen molar-refractivity contribution in [3.63, 3.8) is 0 Å². The fourth-order valence-electron chi connectivity index (χ4n) is 2.38. The third-order valence-corrected chi connectivity index (χ3v) is 3.45. The second-order valence-electron chi connectivity index (χ2n) is 5.04. The Balaban J connectivity index is 2.15. The van der Waals surface area contributed by atoms with Crippen LogP contribution in [-0.4, -0.2) is 0 Å². The minimum Gasteiger partial charge on any atom is -0.271 e. The van der Waals surface area contributed by atoms with E-state index < -0.39 is 0 Å². The molecule has 0 aliphatic heterocycles. The topological polar surface area (TPSA) is 38.0 Å². The SMILES string of the molecule is CCCc1cccc(C(Cc2ccc(F)cc2)NN)c1. The maximum Gasteiger partial charge on any atom is 0.123 e. The van der Waals surface area contributed by atoms with E-state index in [2.05, 4.69) is 36.6 Å². The Morgan fingerprint density at radius 1 is 1.10 bits per heavy atom. The summed E-state index contributed by atoms with van der Waals surface area (Å²) in [5, 5.41) is 0. The molecule has 0 saturated carbocycles. The Hall–Kier alpha value is -1.71. The summed E-state index contributed by atoms with van der Waals surface area (Å²) in [6, 6.07) is 15.1. The van der Waals surface area contributed by atoms with E-state index in [1.165, 1.54) is 23.3 Å². The minimum atomic E-state index is -0.212. The third kappa shape index (κ3) is 3.89. The van der Waals surface area contributed by atoms with Gasteiger partial charge >= 0.3 is 0 Å². The first-order valence-corrected chi connectivity index (χ1v) is 7.02. The van der Waals surface area contributed by atoms with Gasteiger partial charge in [0.25, 0.3) is 0 Å². The van der Waals surface area contributed by atoms with Gasteiger partial charge in [0.1, 0.15) is 5.82 Å². The summed E-state index contributed by atoms with van der Waals surface area (Å²) in [7, 11) is 0. The summed E-state index contributed by atoms with van der Waals surface area (Å²) in [6.07, 6.45) is 2.94. The van der Waals surface area contributed by atoms with Crippen LogP contribution in [0.3, 0.4) is 0 Å². The van der Waals surface area contributed by atoms with Gasteiger partial charge in [-0.1, -0.05) is 49.7 Å². The number of nitrogens with two attached hydrogens (primary N) is 1. The van der Waals surface area contributed by atoms with Crippen molar-refractivity contribution in [2.45, 2.75) is 32.2 Å². The molecule has 0 saturated heterocycles. The Labute approximate surface area is 119 Å². The fourth-order valence-corrected chi connectivity index (χ4v) is 2.38. The average molecular weight is 272 g/mol. The number of halogens is 1. The normalized spacial score (nSPS) is 12.3. The third-order valence-electron chi connectivity index (χ3n) is 3.45. The molecule has 2 rings (SSSR count). The van der Waals surface area contributed by atoms with Crippen LogP contribution in [0.4, 0.5) is 4.39 Å². The molecule has 3 N–H and O–H groups in total. The molecular formula is C17H21FN2. The molecule has 0 amide bonds. The maximum absolute atomic E-state index is 12.9. The summed E-state index contributed by atoms with van der Waals surface area (Å²) < 4.78 is 12.9. The minimum absolute atomic E-state index is 0.0391. The Kier molecular flexibility index (Phi) is 5.27. The predicted octanol–water partition coefficient (Wildman–Crippen LogP) is 3.53. The largest absolute Gasteiger partial charge is 0.271 e. The lowest BCUT2D eigenvalue weighted by Gasteiger charge is -2.17. The van der Waals surface area contributed by atoms with Gasteiger partial charge in [0.2, 0.25) is 0 Å². The molecule has 0 radical (unpaired) electrons. The molecule has 2 aromatic carbocycles. The lowest BCUT2D eigenvalue weighted by atomic mass is 9.97. The van der Waals surface area contributed by atoms with Crippen molar-refractivity contribution in [1.82, 2.24) is 5.43 Å². The number of hydrogen-bond donors (Lipinski definition) is 2. The van der Waals surface area contributed by atoms with Crippen LogP contribution in [0.25, 0.3) is 0 Å². The van der Waals surface area contributed by atoms with Crippen LogP contribution in [0, 0.1) is 5.82 Å². The lowest BCUT2D eigenvalue weighted by molar-refractivity contribution is 0.550. The molecule has 2 nitrogen and oxygen atoms in total. The van der Waals surface area contributed by atoms with Gasteiger partial charge in [-0.05, 0) is 41.7 Å². The van der Waals surface area contributed by atoms with Crippen molar-refractivity contribution < 1.29 is 4.39 Å². The number of aryl methyl sites for hydroxylation is 1. The van der Waals surface area contributed by atoms with Gasteiger partial charge < -0.3 is 0 Å². The van der Waals surface area contributed by atoms with E-state index in [9.17, 15) is 4.39 Å². The number of hydrogen-bond acceptors (Lipinski definition) is 2. The summed E-state index contributed by atoms with van der Waals surface area (Å²) in [6.45, 7) is 2.17. The Morgan fingerprint density at radius 2 is 1.85 bits per heavy atom. The summed E-state index contributed by atoms with van der Waals surface area (Å²) in [5.41, 5.74) is 6.41. The highest BCUT2D eigenvalue weighted by Crippen LogP contribution is 2.19. The van der Waals surface area contributed by atoms with Crippen LogP contribution >= 0.6 is 0 Å². The summed E-state index contributed by atoms with van der Waals surface area (Å²) >= 11 is 0. The zero-order valence-electron chi connectivity index (χ0n) is 11.8. The Morgan fingerprint density at radius 3 is 2.50 bits per heavy atom. The zero-order chi connectivity index (χ0) is 14.4. The van der Waals surface area contributed by atoms with Crippen molar-refractivity contribution in [2.75, 3.05) is 0 Å². The van der Waals surface area contributed by atoms with Gasteiger partial charge in [-0.2, -0.15) is 0 Å². The van der Waals surface area contributed by atoms with Crippen LogP contribution in [0.15, 0.2) is 48.5 Å². The second kappa shape index (κ2) is 7.17. The van der Waals surface area contributed by atoms with Crippen LogP contribution in [0.2, 0.25) is 0 Å². The van der Waals surface area contributed by atoms with Gasteiger partial charge in [0, 0.05) is 6.04 Å². The molecule has 2 aromatic rings. The van der Waals surface area contributed by atoms with Crippen molar-refractivity contribution in [1.29, 1.82) is 0 Å². The van der Waals surface area contributed by atoms with Gasteiger partial charge in [-0.15, -0.1) is 0 Å². The highest BCUT2D eigenvalue weighted by Gasteiger charge is 2.11. The Bertz CT molecular complexity index is 537. The van der Waals surface area contributed by atoms with Crippen molar-refractivity contribution >= 4 is 0 Å². The number of benzene rings is 2. The molecular weight excluding hydrogens is 251 g/mol. The lowest BCUT2D eigenvalue weighted by Crippen LogP contribution is -2.29. The van der Waals surface area contributed by atoms with E-state index in [0.717, 1.165) is 24.8 Å². The smallest absolute Gasteiger partial charge is 0.123 e. The second-order valence-corrected chi connectivity index (χ2v) is 5.04. The van der Waals surface area contributed by atoms with Crippen LogP contribution in [-0.2, 0) is 12.8 Å². The van der Waals surface area contributed by atoms with Crippen molar-refractivity contribution in [2.24, 2.45) is 5.84 Å². The molecule has 106 valence electrons. The van der Waals surface area contributed by atoms with E-state index in [4.69, 9.17) is 5.84 Å². The first-order valence-electron chi connectivity index (χ1n) is 7.02. The molecule has 0 bridgehead atoms. The molecule has 1 unspecified atom stereocenters. The fraction of sp³-hybridized carbons (Fsp3) is 0.294. The molecule has 0 aliphatic carbocycles. The molecule has 3 heteroatoms. The van der Waals surface area contributed by atoms with E-state index in [1.807, 2.05) is 0 Å². The van der Waals surface area contributed by atoms with Gasteiger partial charge in [0.15, 0.2) is 0 Å². The predicted molar refractivity (Wildman–Crippen MR) is 80.6 cm³/mol. The molecule has 20 heavy (non-hydrogen) atoms. The number of nitrogens with one attached hydrogen (secondary N) is 1. The zero-order valence-corrected chi connectivity index (χ0v) is 11.8. The first-order chi connectivity index (χ1) is 9.72. The van der Waals surface area contributed by atoms with Crippen LogP contribution in [0.1, 0.15) is 36.1 Å². The monoisotopic (exact) mass is 272 g/mol. The molecule has 0 fully saturated rings. The quantitative estimate of drug-likeness (QED) is 0.623. The highest BCUT2D eigenvalue weighted by atomic mass is 19.1. The standard InChI is InChI=1S/C17H21FN2/c1-2-4-13-5-3-6-15(11-13)17(20-19)12-14-7-9-16(18)10-8-14/h3,5-11,17,20H,2,4,12,19H2,1H3.